The molecule has 0 aromatic heterocycles. The zero-order chi connectivity index (χ0) is 14.6. The van der Waals surface area contributed by atoms with Crippen LogP contribution in [-0.2, 0) is 10.0 Å². The van der Waals surface area contributed by atoms with Crippen LogP contribution in [0.5, 0.6) is 0 Å². The van der Waals surface area contributed by atoms with Gasteiger partial charge in [-0.2, -0.15) is 13.5 Å². The lowest BCUT2D eigenvalue weighted by molar-refractivity contribution is 0.584. The van der Waals surface area contributed by atoms with Gasteiger partial charge in [-0.1, -0.05) is 29.8 Å². The van der Waals surface area contributed by atoms with Crippen LogP contribution < -0.4 is 4.83 Å². The molecule has 2 aromatic carbocycles. The Hall–Kier alpha value is -1.12. The van der Waals surface area contributed by atoms with E-state index in [9.17, 15) is 8.42 Å². The van der Waals surface area contributed by atoms with Crippen LogP contribution in [0.2, 0.25) is 5.02 Å². The van der Waals surface area contributed by atoms with Crippen LogP contribution >= 0.6 is 34.2 Å². The summed E-state index contributed by atoms with van der Waals surface area (Å²) in [5.41, 5.74) is 0.840. The molecular weight excluding hydrogens is 411 g/mol. The average molecular weight is 421 g/mol. The molecule has 0 fully saturated rings. The molecule has 0 radical (unpaired) electrons. The van der Waals surface area contributed by atoms with Crippen molar-refractivity contribution in [1.29, 1.82) is 0 Å². The minimum absolute atomic E-state index is 0.113. The highest BCUT2D eigenvalue weighted by atomic mass is 127. The summed E-state index contributed by atoms with van der Waals surface area (Å²) in [6.07, 6.45) is 1.47. The largest absolute Gasteiger partial charge is 0.276 e. The van der Waals surface area contributed by atoms with E-state index in [-0.39, 0.29) is 4.90 Å². The first kappa shape index (κ1) is 15.3. The molecular formula is C13H10ClIN2O2S. The Balaban J connectivity index is 2.14. The van der Waals surface area contributed by atoms with E-state index in [4.69, 9.17) is 11.6 Å². The number of hydrogen-bond donors (Lipinski definition) is 1. The Kier molecular flexibility index (Phi) is 5.00. The normalized spacial score (nSPS) is 11.7. The van der Waals surface area contributed by atoms with Gasteiger partial charge in [0, 0.05) is 14.2 Å². The van der Waals surface area contributed by atoms with Gasteiger partial charge < -0.3 is 0 Å². The highest BCUT2D eigenvalue weighted by Crippen LogP contribution is 2.14. The van der Waals surface area contributed by atoms with Gasteiger partial charge in [-0.3, -0.25) is 0 Å². The van der Waals surface area contributed by atoms with E-state index in [1.165, 1.54) is 30.5 Å². The van der Waals surface area contributed by atoms with Crippen LogP contribution in [0.1, 0.15) is 5.56 Å². The molecule has 0 heterocycles. The molecule has 0 aliphatic carbocycles. The predicted molar refractivity (Wildman–Crippen MR) is 88.5 cm³/mol. The summed E-state index contributed by atoms with van der Waals surface area (Å²) in [6.45, 7) is 0. The Labute approximate surface area is 136 Å². The maximum Gasteiger partial charge on any atom is 0.276 e. The molecule has 0 saturated heterocycles. The maximum absolute atomic E-state index is 11.9. The summed E-state index contributed by atoms with van der Waals surface area (Å²) in [7, 11) is -3.67. The van der Waals surface area contributed by atoms with Crippen LogP contribution in [0.25, 0.3) is 0 Å². The zero-order valence-corrected chi connectivity index (χ0v) is 13.9. The molecule has 1 N–H and O–H groups in total. The fourth-order valence-electron chi connectivity index (χ4n) is 1.41. The van der Waals surface area contributed by atoms with Gasteiger partial charge in [-0.05, 0) is 52.9 Å². The molecule has 0 unspecified atom stereocenters. The molecule has 0 aliphatic heterocycles. The van der Waals surface area contributed by atoms with Crippen LogP contribution in [-0.4, -0.2) is 14.6 Å². The monoisotopic (exact) mass is 420 g/mol. The minimum Gasteiger partial charge on any atom is -0.200 e. The second kappa shape index (κ2) is 6.55. The summed E-state index contributed by atoms with van der Waals surface area (Å²) in [5, 5.41) is 4.25. The fourth-order valence-corrected chi connectivity index (χ4v) is 2.86. The van der Waals surface area contributed by atoms with E-state index >= 15 is 0 Å². The van der Waals surface area contributed by atoms with E-state index in [1.54, 1.807) is 0 Å². The number of halogens is 2. The van der Waals surface area contributed by atoms with E-state index in [2.05, 4.69) is 32.5 Å². The number of benzene rings is 2. The molecule has 0 saturated carbocycles. The van der Waals surface area contributed by atoms with Crippen molar-refractivity contribution >= 4 is 50.4 Å². The third-order valence-electron chi connectivity index (χ3n) is 2.41. The predicted octanol–water partition coefficient (Wildman–Crippen LogP) is 3.26. The van der Waals surface area contributed by atoms with Gasteiger partial charge in [-0.15, -0.1) is 0 Å². The number of sulfonamides is 1. The molecule has 104 valence electrons. The number of hydrogen-bond acceptors (Lipinski definition) is 3. The average Bonchev–Trinajstić information content (AvgIpc) is 2.41. The third-order valence-corrected chi connectivity index (χ3v) is 4.88. The summed E-state index contributed by atoms with van der Waals surface area (Å²) in [5.74, 6) is 0. The van der Waals surface area contributed by atoms with Crippen molar-refractivity contribution in [2.75, 3.05) is 0 Å². The molecule has 0 spiro atoms. The van der Waals surface area contributed by atoms with Gasteiger partial charge >= 0.3 is 0 Å². The van der Waals surface area contributed by atoms with Crippen molar-refractivity contribution in [3.8, 4) is 0 Å². The van der Waals surface area contributed by atoms with Crippen LogP contribution in [0.15, 0.2) is 58.5 Å². The van der Waals surface area contributed by atoms with Gasteiger partial charge in [0.05, 0.1) is 11.1 Å². The summed E-state index contributed by atoms with van der Waals surface area (Å²) < 4.78 is 24.9. The first-order valence-corrected chi connectivity index (χ1v) is 8.48. The molecule has 4 nitrogen and oxygen atoms in total. The zero-order valence-electron chi connectivity index (χ0n) is 10.1. The summed E-state index contributed by atoms with van der Waals surface area (Å²) in [6, 6.07) is 13.4. The second-order valence-electron chi connectivity index (χ2n) is 3.83. The van der Waals surface area contributed by atoms with Crippen molar-refractivity contribution in [2.24, 2.45) is 5.10 Å². The number of rotatable bonds is 4. The fraction of sp³-hybridized carbons (Fsp3) is 0. The quantitative estimate of drug-likeness (QED) is 0.469. The first-order valence-electron chi connectivity index (χ1n) is 5.54. The van der Waals surface area contributed by atoms with Crippen molar-refractivity contribution in [3.05, 3.63) is 62.7 Å². The van der Waals surface area contributed by atoms with Gasteiger partial charge in [0.15, 0.2) is 0 Å². The Morgan fingerprint density at radius 2 is 1.75 bits per heavy atom. The summed E-state index contributed by atoms with van der Waals surface area (Å²) >= 11 is 7.87. The maximum atomic E-state index is 11.9. The van der Waals surface area contributed by atoms with Crippen molar-refractivity contribution in [3.63, 3.8) is 0 Å². The van der Waals surface area contributed by atoms with Gasteiger partial charge in [0.25, 0.3) is 10.0 Å². The van der Waals surface area contributed by atoms with Crippen LogP contribution in [0.4, 0.5) is 0 Å². The second-order valence-corrected chi connectivity index (χ2v) is 7.09. The highest BCUT2D eigenvalue weighted by Gasteiger charge is 2.11. The molecule has 0 bridgehead atoms. The standard InChI is InChI=1S/C13H10ClIN2O2S/c14-11-5-7-12(8-6-11)20(18,19)17-16-9-10-3-1-2-4-13(10)15/h1-9,17H. The molecule has 0 amide bonds. The lowest BCUT2D eigenvalue weighted by Gasteiger charge is -2.03. The molecule has 0 aliphatic rings. The molecule has 20 heavy (non-hydrogen) atoms. The van der Waals surface area contributed by atoms with Gasteiger partial charge in [-0.25, -0.2) is 4.83 Å². The van der Waals surface area contributed by atoms with Gasteiger partial charge in [0.2, 0.25) is 0 Å². The highest BCUT2D eigenvalue weighted by molar-refractivity contribution is 14.1. The lowest BCUT2D eigenvalue weighted by atomic mass is 10.2. The molecule has 7 heteroatoms. The smallest absolute Gasteiger partial charge is 0.200 e. The first-order chi connectivity index (χ1) is 9.49. The van der Waals surface area contributed by atoms with E-state index in [0.717, 1.165) is 9.13 Å². The van der Waals surface area contributed by atoms with E-state index in [0.29, 0.717) is 5.02 Å². The molecule has 0 atom stereocenters. The van der Waals surface area contributed by atoms with Crippen molar-refractivity contribution < 1.29 is 8.42 Å². The molecule has 2 aromatic rings. The van der Waals surface area contributed by atoms with Crippen LogP contribution in [0.3, 0.4) is 0 Å². The van der Waals surface area contributed by atoms with Crippen molar-refractivity contribution in [2.45, 2.75) is 4.90 Å². The van der Waals surface area contributed by atoms with Crippen molar-refractivity contribution in [1.82, 2.24) is 4.83 Å². The summed E-state index contributed by atoms with van der Waals surface area (Å²) in [4.78, 5) is 2.28. The van der Waals surface area contributed by atoms with E-state index < -0.39 is 10.0 Å². The number of nitrogens with one attached hydrogen (secondary N) is 1. The Morgan fingerprint density at radius 3 is 2.40 bits per heavy atom. The minimum atomic E-state index is -3.67. The Morgan fingerprint density at radius 1 is 1.10 bits per heavy atom. The van der Waals surface area contributed by atoms with Gasteiger partial charge in [0.1, 0.15) is 0 Å². The third kappa shape index (κ3) is 3.94. The molecule has 2 rings (SSSR count). The lowest BCUT2D eigenvalue weighted by Crippen LogP contribution is -2.18. The number of nitrogens with zero attached hydrogens (tertiary/aromatic N) is 1. The van der Waals surface area contributed by atoms with E-state index in [1.807, 2.05) is 24.3 Å². The topological polar surface area (TPSA) is 58.5 Å². The van der Waals surface area contributed by atoms with Crippen LogP contribution in [0, 0.1) is 3.57 Å². The number of hydrazone groups is 1. The SMILES string of the molecule is O=S(=O)(NN=Cc1ccccc1I)c1ccc(Cl)cc1. The Bertz CT molecular complexity index is 730.